The zero-order valence-corrected chi connectivity index (χ0v) is 23.4. The molecule has 32 heavy (non-hydrogen) atoms. The Labute approximate surface area is 204 Å². The molecule has 0 spiro atoms. The number of furan rings is 1. The summed E-state index contributed by atoms with van der Waals surface area (Å²) >= 11 is 3.56. The van der Waals surface area contributed by atoms with Gasteiger partial charge in [0.15, 0.2) is 0 Å². The topological polar surface area (TPSA) is 25.4 Å². The van der Waals surface area contributed by atoms with E-state index in [0.29, 0.717) is 11.3 Å². The van der Waals surface area contributed by atoms with E-state index >= 15 is 0 Å². The van der Waals surface area contributed by atoms with Crippen LogP contribution in [-0.4, -0.2) is 46.3 Å². The van der Waals surface area contributed by atoms with Crippen LogP contribution in [0.25, 0.3) is 11.0 Å². The summed E-state index contributed by atoms with van der Waals surface area (Å²) in [5, 5.41) is 2.23. The average Bonchev–Trinajstić information content (AvgIpc) is 3.37. The van der Waals surface area contributed by atoms with E-state index in [2.05, 4.69) is 95.5 Å². The molecule has 0 amide bonds. The van der Waals surface area contributed by atoms with Gasteiger partial charge in [-0.05, 0) is 43.0 Å². The molecule has 3 unspecified atom stereocenters. The van der Waals surface area contributed by atoms with Crippen LogP contribution in [0, 0.1) is 0 Å². The van der Waals surface area contributed by atoms with Gasteiger partial charge in [-0.1, -0.05) is 72.4 Å². The predicted molar refractivity (Wildman–Crippen MR) is 142 cm³/mol. The molecule has 1 aliphatic rings. The van der Waals surface area contributed by atoms with Crippen LogP contribution >= 0.6 is 15.9 Å². The number of hydrogen-bond donors (Lipinski definition) is 0. The molecule has 2 radical (unpaired) electrons. The summed E-state index contributed by atoms with van der Waals surface area (Å²) in [7, 11) is 0.886. The molecule has 1 aliphatic heterocycles. The maximum atomic E-state index is 6.50. The van der Waals surface area contributed by atoms with Gasteiger partial charge in [-0.25, -0.2) is 0 Å². The normalized spacial score (nSPS) is 21.4. The highest BCUT2D eigenvalue weighted by Gasteiger charge is 2.56. The van der Waals surface area contributed by atoms with Crippen LogP contribution in [0.1, 0.15) is 35.8 Å². The van der Waals surface area contributed by atoms with Crippen LogP contribution in [0.4, 0.5) is 0 Å². The maximum absolute atomic E-state index is 6.50. The van der Waals surface area contributed by atoms with E-state index in [1.165, 1.54) is 29.4 Å². The van der Waals surface area contributed by atoms with Crippen LogP contribution in [0.2, 0.25) is 26.2 Å². The lowest BCUT2D eigenvalue weighted by Crippen LogP contribution is -2.21. The zero-order chi connectivity index (χ0) is 22.8. The van der Waals surface area contributed by atoms with E-state index in [1.54, 1.807) is 7.11 Å². The molecule has 6 heteroatoms. The van der Waals surface area contributed by atoms with E-state index in [4.69, 9.17) is 9.15 Å². The monoisotopic (exact) mass is 527 g/mol. The Bertz CT molecular complexity index is 1000. The number of rotatable bonds is 10. The van der Waals surface area contributed by atoms with Crippen LogP contribution in [0.15, 0.2) is 52.9 Å². The van der Waals surface area contributed by atoms with Crippen molar-refractivity contribution in [2.24, 2.45) is 0 Å². The van der Waals surface area contributed by atoms with Crippen molar-refractivity contribution in [2.45, 2.75) is 62.8 Å². The predicted octanol–water partition coefficient (Wildman–Crippen LogP) is 6.89. The largest absolute Gasteiger partial charge is 0.496 e. The van der Waals surface area contributed by atoms with Gasteiger partial charge in [-0.15, -0.1) is 0 Å². The van der Waals surface area contributed by atoms with Gasteiger partial charge < -0.3 is 9.15 Å². The van der Waals surface area contributed by atoms with Crippen molar-refractivity contribution in [1.29, 1.82) is 0 Å². The SMILES string of the molecule is COc1ccc(CCCCBr)cc1C(c1cc2ccccc2o1)N1C([Si](C)C)C1[Si](C)C. The fourth-order valence-electron chi connectivity index (χ4n) is 4.97. The molecule has 2 aromatic carbocycles. The van der Waals surface area contributed by atoms with E-state index in [9.17, 15) is 0 Å². The third-order valence-corrected chi connectivity index (χ3v) is 11.0. The highest BCUT2D eigenvalue weighted by molar-refractivity contribution is 9.09. The fraction of sp³-hybridized carbons (Fsp3) is 0.462. The van der Waals surface area contributed by atoms with Crippen molar-refractivity contribution in [1.82, 2.24) is 4.90 Å². The van der Waals surface area contributed by atoms with Gasteiger partial charge in [0.25, 0.3) is 0 Å². The minimum absolute atomic E-state index is 0.100. The van der Waals surface area contributed by atoms with E-state index in [-0.39, 0.29) is 6.04 Å². The Morgan fingerprint density at radius 1 is 1.00 bits per heavy atom. The molecule has 1 aromatic heterocycles. The summed E-state index contributed by atoms with van der Waals surface area (Å²) in [4.78, 5) is 2.75. The minimum Gasteiger partial charge on any atom is -0.496 e. The molecule has 3 nitrogen and oxygen atoms in total. The first-order valence-electron chi connectivity index (χ1n) is 11.5. The second-order valence-electron chi connectivity index (χ2n) is 9.30. The van der Waals surface area contributed by atoms with Gasteiger partial charge in [0.05, 0.1) is 30.7 Å². The molecule has 0 bridgehead atoms. The van der Waals surface area contributed by atoms with E-state index in [1.807, 2.05) is 0 Å². The Morgan fingerprint density at radius 3 is 2.34 bits per heavy atom. The number of aryl methyl sites for hydroxylation is 1. The fourth-order valence-corrected chi connectivity index (χ4v) is 10.8. The average molecular weight is 529 g/mol. The highest BCUT2D eigenvalue weighted by Crippen LogP contribution is 2.48. The lowest BCUT2D eigenvalue weighted by molar-refractivity contribution is 0.353. The molecule has 0 N–H and O–H groups in total. The van der Waals surface area contributed by atoms with Gasteiger partial charge in [0.2, 0.25) is 0 Å². The second-order valence-corrected chi connectivity index (χ2v) is 15.6. The molecule has 4 rings (SSSR count). The van der Waals surface area contributed by atoms with Crippen molar-refractivity contribution in [2.75, 3.05) is 12.4 Å². The van der Waals surface area contributed by atoms with Gasteiger partial charge >= 0.3 is 0 Å². The lowest BCUT2D eigenvalue weighted by Gasteiger charge is -2.23. The first-order valence-corrected chi connectivity index (χ1v) is 17.8. The number of alkyl halides is 1. The van der Waals surface area contributed by atoms with Gasteiger partial charge in [-0.2, -0.15) is 0 Å². The summed E-state index contributed by atoms with van der Waals surface area (Å²) in [6, 6.07) is 17.5. The van der Waals surface area contributed by atoms with Crippen LogP contribution in [0.5, 0.6) is 5.75 Å². The summed E-state index contributed by atoms with van der Waals surface area (Å²) < 4.78 is 12.4. The molecule has 3 aromatic rings. The van der Waals surface area contributed by atoms with Crippen molar-refractivity contribution < 1.29 is 9.15 Å². The molecule has 2 heterocycles. The maximum Gasteiger partial charge on any atom is 0.134 e. The first-order chi connectivity index (χ1) is 15.5. The van der Waals surface area contributed by atoms with Gasteiger partial charge in [0, 0.05) is 27.6 Å². The number of fused-ring (bicyclic) bond motifs is 1. The summed E-state index contributed by atoms with van der Waals surface area (Å²) in [5.74, 6) is 2.01. The number of methoxy groups -OCH3 is 1. The van der Waals surface area contributed by atoms with Crippen molar-refractivity contribution in [3.63, 3.8) is 0 Å². The van der Waals surface area contributed by atoms with Crippen molar-refractivity contribution in [3.05, 3.63) is 65.4 Å². The molecule has 0 saturated carbocycles. The van der Waals surface area contributed by atoms with Crippen LogP contribution in [-0.2, 0) is 6.42 Å². The Hall–Kier alpha value is -1.35. The number of benzene rings is 2. The third-order valence-electron chi connectivity index (χ3n) is 6.48. The first kappa shape index (κ1) is 23.8. The summed E-state index contributed by atoms with van der Waals surface area (Å²) in [5.41, 5.74) is 4.97. The van der Waals surface area contributed by atoms with E-state index < -0.39 is 17.6 Å². The van der Waals surface area contributed by atoms with Crippen LogP contribution in [0.3, 0.4) is 0 Å². The number of halogens is 1. The third kappa shape index (κ3) is 4.79. The Balaban J connectivity index is 1.81. The number of hydrogen-bond acceptors (Lipinski definition) is 3. The Morgan fingerprint density at radius 2 is 1.72 bits per heavy atom. The summed E-state index contributed by atoms with van der Waals surface area (Å²) in [6.07, 6.45) is 3.48. The molecule has 170 valence electrons. The zero-order valence-electron chi connectivity index (χ0n) is 19.8. The number of nitrogens with zero attached hydrogens (tertiary/aromatic N) is 1. The van der Waals surface area contributed by atoms with Gasteiger partial charge in [-0.3, -0.25) is 4.90 Å². The number of unbranched alkanes of at least 4 members (excludes halogenated alkanes) is 1. The second kappa shape index (κ2) is 10.3. The van der Waals surface area contributed by atoms with Crippen molar-refractivity contribution >= 4 is 44.5 Å². The molecule has 0 aliphatic carbocycles. The molecular weight excluding hydrogens is 494 g/mol. The summed E-state index contributed by atoms with van der Waals surface area (Å²) in [6.45, 7) is 9.82. The molecule has 1 saturated heterocycles. The standard InChI is InChI=1S/C26H34BrNO2Si2/c1-29-22-14-13-18(10-8-9-15-27)16-20(22)24(28-25(31(2)3)26(28)32(4)5)23-17-19-11-6-7-12-21(19)30-23/h6-7,11-14,16-17,24-26H,8-10,15H2,1-5H3. The molecule has 1 fully saturated rings. The number of para-hydroxylation sites is 1. The quantitative estimate of drug-likeness (QED) is 0.124. The van der Waals surface area contributed by atoms with E-state index in [0.717, 1.165) is 28.8 Å². The number of ether oxygens (including phenoxy) is 1. The molecule has 3 atom stereocenters. The Kier molecular flexibility index (Phi) is 7.65. The molecular formula is C26H34BrNO2Si2. The lowest BCUT2D eigenvalue weighted by atomic mass is 9.98. The highest BCUT2D eigenvalue weighted by atomic mass is 79.9. The van der Waals surface area contributed by atoms with Crippen LogP contribution < -0.4 is 4.74 Å². The van der Waals surface area contributed by atoms with Crippen molar-refractivity contribution in [3.8, 4) is 5.75 Å². The smallest absolute Gasteiger partial charge is 0.134 e. The van der Waals surface area contributed by atoms with Gasteiger partial charge in [0.1, 0.15) is 17.1 Å². The minimum atomic E-state index is -0.453.